The summed E-state index contributed by atoms with van der Waals surface area (Å²) >= 11 is 0. The molecule has 0 aliphatic carbocycles. The molecule has 2 N–H and O–H groups in total. The Morgan fingerprint density at radius 3 is 2.55 bits per heavy atom. The Morgan fingerprint density at radius 2 is 1.82 bits per heavy atom. The van der Waals surface area contributed by atoms with Crippen LogP contribution in [0.4, 0.5) is 11.4 Å². The van der Waals surface area contributed by atoms with Crippen LogP contribution in [-0.4, -0.2) is 30.9 Å². The summed E-state index contributed by atoms with van der Waals surface area (Å²) in [6.45, 7) is 1.11. The van der Waals surface area contributed by atoms with Crippen LogP contribution in [0.3, 0.4) is 0 Å². The monoisotopic (exact) mass is 298 g/mol. The number of hydrogen-bond donors (Lipinski definition) is 2. The highest BCUT2D eigenvalue weighted by Crippen LogP contribution is 2.14. The molecular formula is C17H20N3O2-. The van der Waals surface area contributed by atoms with Crippen molar-refractivity contribution in [1.82, 2.24) is 4.90 Å². The predicted octanol–water partition coefficient (Wildman–Crippen LogP) is 2.71. The van der Waals surface area contributed by atoms with Crippen molar-refractivity contribution in [3.63, 3.8) is 0 Å². The van der Waals surface area contributed by atoms with E-state index in [0.717, 1.165) is 13.0 Å². The van der Waals surface area contributed by atoms with E-state index in [9.17, 15) is 10.0 Å². The van der Waals surface area contributed by atoms with Crippen molar-refractivity contribution in [2.75, 3.05) is 30.9 Å². The lowest BCUT2D eigenvalue weighted by atomic mass is 10.1. The van der Waals surface area contributed by atoms with E-state index in [2.05, 4.69) is 17.4 Å². The van der Waals surface area contributed by atoms with Gasteiger partial charge in [0.15, 0.2) is 0 Å². The van der Waals surface area contributed by atoms with Crippen LogP contribution < -0.4 is 10.8 Å². The van der Waals surface area contributed by atoms with Gasteiger partial charge in [-0.15, -0.1) is 0 Å². The average molecular weight is 298 g/mol. The fraction of sp³-hybridized carbons (Fsp3) is 0.235. The van der Waals surface area contributed by atoms with Crippen molar-refractivity contribution < 1.29 is 4.79 Å². The smallest absolute Gasteiger partial charge is 0.238 e. The number of likely N-dealkylation sites (N-methyl/N-ethyl adjacent to an activating group) is 1. The van der Waals surface area contributed by atoms with Gasteiger partial charge in [0.1, 0.15) is 0 Å². The van der Waals surface area contributed by atoms with Gasteiger partial charge in [-0.3, -0.25) is 9.69 Å². The Balaban J connectivity index is 1.78. The second-order valence-electron chi connectivity index (χ2n) is 5.20. The summed E-state index contributed by atoms with van der Waals surface area (Å²) in [5.74, 6) is -0.0985. The van der Waals surface area contributed by atoms with Crippen LogP contribution in [0.25, 0.3) is 0 Å². The van der Waals surface area contributed by atoms with Crippen molar-refractivity contribution in [3.05, 3.63) is 65.4 Å². The molecule has 0 bridgehead atoms. The summed E-state index contributed by atoms with van der Waals surface area (Å²) in [5.41, 5.74) is 4.10. The van der Waals surface area contributed by atoms with Gasteiger partial charge in [-0.05, 0) is 37.2 Å². The van der Waals surface area contributed by atoms with Crippen LogP contribution in [0.5, 0.6) is 0 Å². The standard InChI is InChI=1S/C17H20N3O2/c1-20(11-10-14-6-3-2-4-7-14)13-17(21)18-15-8-5-9-16(12-15)19-22/h2-9,12,19H,10-11,13H2,1H3,(H,18,21)/q-1. The molecule has 5 nitrogen and oxygen atoms in total. The molecule has 5 heteroatoms. The maximum Gasteiger partial charge on any atom is 0.238 e. The zero-order chi connectivity index (χ0) is 15.8. The highest BCUT2D eigenvalue weighted by Gasteiger charge is 2.07. The third-order valence-electron chi connectivity index (χ3n) is 3.30. The van der Waals surface area contributed by atoms with Crippen LogP contribution in [0, 0.1) is 5.21 Å². The molecule has 0 fully saturated rings. The van der Waals surface area contributed by atoms with Crippen molar-refractivity contribution in [2.24, 2.45) is 0 Å². The maximum absolute atomic E-state index is 12.0. The number of benzene rings is 2. The second kappa shape index (κ2) is 8.17. The largest absolute Gasteiger partial charge is 0.761 e. The molecule has 0 saturated heterocycles. The molecule has 22 heavy (non-hydrogen) atoms. The van der Waals surface area contributed by atoms with Crippen LogP contribution in [0.2, 0.25) is 0 Å². The van der Waals surface area contributed by atoms with Crippen LogP contribution in [-0.2, 0) is 11.2 Å². The van der Waals surface area contributed by atoms with E-state index in [1.807, 2.05) is 35.6 Å². The molecule has 0 radical (unpaired) electrons. The van der Waals surface area contributed by atoms with E-state index in [0.29, 0.717) is 17.9 Å². The number of amides is 1. The van der Waals surface area contributed by atoms with Gasteiger partial charge in [0.2, 0.25) is 5.91 Å². The van der Waals surface area contributed by atoms with E-state index in [4.69, 9.17) is 0 Å². The highest BCUT2D eigenvalue weighted by molar-refractivity contribution is 5.92. The van der Waals surface area contributed by atoms with Gasteiger partial charge >= 0.3 is 0 Å². The number of carbonyl (C=O) groups excluding carboxylic acids is 1. The fourth-order valence-corrected chi connectivity index (χ4v) is 2.15. The molecule has 0 unspecified atom stereocenters. The molecule has 1 amide bonds. The van der Waals surface area contributed by atoms with E-state index in [1.54, 1.807) is 24.3 Å². The first kappa shape index (κ1) is 16.0. The molecule has 116 valence electrons. The molecule has 0 aromatic heterocycles. The summed E-state index contributed by atoms with van der Waals surface area (Å²) in [6, 6.07) is 16.9. The van der Waals surface area contributed by atoms with Gasteiger partial charge in [0.05, 0.1) is 6.54 Å². The molecule has 2 aromatic carbocycles. The lowest BCUT2D eigenvalue weighted by molar-refractivity contribution is -0.117. The Morgan fingerprint density at radius 1 is 1.09 bits per heavy atom. The zero-order valence-electron chi connectivity index (χ0n) is 12.6. The first-order chi connectivity index (χ1) is 10.7. The van der Waals surface area contributed by atoms with E-state index in [1.165, 1.54) is 5.56 Å². The SMILES string of the molecule is CN(CCc1ccccc1)CC(=O)Nc1cccc(N[O-])c1. The number of carbonyl (C=O) groups is 1. The molecule has 0 heterocycles. The van der Waals surface area contributed by atoms with Crippen LogP contribution in [0.1, 0.15) is 5.56 Å². The molecule has 0 saturated carbocycles. The Labute approximate surface area is 130 Å². The van der Waals surface area contributed by atoms with Crippen molar-refractivity contribution in [1.29, 1.82) is 0 Å². The van der Waals surface area contributed by atoms with Gasteiger partial charge in [-0.1, -0.05) is 36.4 Å². The molecule has 2 aromatic rings. The second-order valence-corrected chi connectivity index (χ2v) is 5.20. The molecule has 2 rings (SSSR count). The van der Waals surface area contributed by atoms with Crippen LogP contribution >= 0.6 is 0 Å². The molecule has 0 atom stereocenters. The van der Waals surface area contributed by atoms with Gasteiger partial charge in [-0.25, -0.2) is 0 Å². The lowest BCUT2D eigenvalue weighted by Gasteiger charge is -2.17. The third kappa shape index (κ3) is 5.20. The topological polar surface area (TPSA) is 67.4 Å². The summed E-state index contributed by atoms with van der Waals surface area (Å²) in [6.07, 6.45) is 0.903. The Bertz CT molecular complexity index is 602. The third-order valence-corrected chi connectivity index (χ3v) is 3.30. The summed E-state index contributed by atoms with van der Waals surface area (Å²) in [5, 5.41) is 13.4. The molecular weight excluding hydrogens is 278 g/mol. The maximum atomic E-state index is 12.0. The van der Waals surface area contributed by atoms with E-state index in [-0.39, 0.29) is 5.91 Å². The first-order valence-electron chi connectivity index (χ1n) is 7.18. The van der Waals surface area contributed by atoms with Gasteiger partial charge < -0.3 is 16.0 Å². The number of rotatable bonds is 7. The summed E-state index contributed by atoms with van der Waals surface area (Å²) in [7, 11) is 1.91. The quantitative estimate of drug-likeness (QED) is 0.771. The average Bonchev–Trinajstić information content (AvgIpc) is 2.54. The lowest BCUT2D eigenvalue weighted by Crippen LogP contribution is -2.31. The van der Waals surface area contributed by atoms with E-state index >= 15 is 0 Å². The fourth-order valence-electron chi connectivity index (χ4n) is 2.15. The number of nitrogens with one attached hydrogen (secondary N) is 2. The molecule has 0 aliphatic heterocycles. The highest BCUT2D eigenvalue weighted by atomic mass is 16.5. The van der Waals surface area contributed by atoms with Crippen molar-refractivity contribution in [2.45, 2.75) is 6.42 Å². The van der Waals surface area contributed by atoms with Crippen molar-refractivity contribution >= 4 is 17.3 Å². The predicted molar refractivity (Wildman–Crippen MR) is 89.7 cm³/mol. The number of anilines is 2. The minimum absolute atomic E-state index is 0.0985. The molecule has 0 spiro atoms. The van der Waals surface area contributed by atoms with Crippen LogP contribution in [0.15, 0.2) is 54.6 Å². The minimum atomic E-state index is -0.0985. The van der Waals surface area contributed by atoms with Gasteiger partial charge in [-0.2, -0.15) is 0 Å². The van der Waals surface area contributed by atoms with Gasteiger partial charge in [0.25, 0.3) is 0 Å². The number of nitrogens with zero attached hydrogens (tertiary/aromatic N) is 1. The Hall–Kier alpha value is -2.37. The van der Waals surface area contributed by atoms with Crippen molar-refractivity contribution in [3.8, 4) is 0 Å². The van der Waals surface area contributed by atoms with E-state index < -0.39 is 0 Å². The Kier molecular flexibility index (Phi) is 5.94. The number of hydrogen-bond acceptors (Lipinski definition) is 4. The van der Waals surface area contributed by atoms with Gasteiger partial charge in [0, 0.05) is 17.9 Å². The zero-order valence-corrected chi connectivity index (χ0v) is 12.6. The molecule has 0 aliphatic rings. The first-order valence-corrected chi connectivity index (χ1v) is 7.18. The summed E-state index contributed by atoms with van der Waals surface area (Å²) < 4.78 is 0. The minimum Gasteiger partial charge on any atom is -0.761 e. The summed E-state index contributed by atoms with van der Waals surface area (Å²) in [4.78, 5) is 14.0. The normalized spacial score (nSPS) is 10.5.